The highest BCUT2D eigenvalue weighted by Crippen LogP contribution is 2.18. The predicted molar refractivity (Wildman–Crippen MR) is 57.3 cm³/mol. The Morgan fingerprint density at radius 1 is 1.25 bits per heavy atom. The van der Waals surface area contributed by atoms with Crippen molar-refractivity contribution < 1.29 is 0 Å². The highest BCUT2D eigenvalue weighted by atomic mass is 35.5. The molecule has 0 amide bonds. The van der Waals surface area contributed by atoms with Gasteiger partial charge < -0.3 is 0 Å². The maximum atomic E-state index is 5.72. The second-order valence-electron chi connectivity index (χ2n) is 3.31. The van der Waals surface area contributed by atoms with Gasteiger partial charge >= 0.3 is 0 Å². The molecule has 1 heteroatoms. The number of halogens is 1. The summed E-state index contributed by atoms with van der Waals surface area (Å²) in [7, 11) is 0. The normalized spacial score (nSPS) is 13.8. The maximum absolute atomic E-state index is 5.72. The van der Waals surface area contributed by atoms with Crippen molar-refractivity contribution in [2.75, 3.05) is 0 Å². The molecular weight excluding hydrogens is 168 g/mol. The molecule has 0 N–H and O–H groups in total. The first-order valence-corrected chi connectivity index (χ1v) is 4.52. The Bertz CT molecular complexity index is 215. The van der Waals surface area contributed by atoms with Gasteiger partial charge in [0.2, 0.25) is 0 Å². The van der Waals surface area contributed by atoms with Crippen LogP contribution in [0, 0.1) is 5.92 Å². The second-order valence-corrected chi connectivity index (χ2v) is 3.91. The fourth-order valence-electron chi connectivity index (χ4n) is 1.03. The van der Waals surface area contributed by atoms with Crippen LogP contribution >= 0.6 is 11.6 Å². The van der Waals surface area contributed by atoms with Crippen LogP contribution < -0.4 is 0 Å². The Morgan fingerprint density at radius 3 is 2.00 bits per heavy atom. The minimum absolute atomic E-state index is 0.509. The zero-order valence-electron chi connectivity index (χ0n) is 8.32. The van der Waals surface area contributed by atoms with Gasteiger partial charge in [-0.15, -0.1) is 0 Å². The van der Waals surface area contributed by atoms with Crippen LogP contribution in [0.2, 0.25) is 0 Å². The number of allylic oxidation sites excluding steroid dienone is 5. The molecule has 0 unspecified atom stereocenters. The molecule has 68 valence electrons. The maximum Gasteiger partial charge on any atom is 0.0150 e. The molecule has 0 aromatic carbocycles. The lowest BCUT2D eigenvalue weighted by atomic mass is 9.97. The highest BCUT2D eigenvalue weighted by molar-refractivity contribution is 6.29. The van der Waals surface area contributed by atoms with E-state index in [0.29, 0.717) is 5.92 Å². The van der Waals surface area contributed by atoms with Gasteiger partial charge in [0.15, 0.2) is 0 Å². The van der Waals surface area contributed by atoms with Crippen molar-refractivity contribution in [1.82, 2.24) is 0 Å². The van der Waals surface area contributed by atoms with Gasteiger partial charge in [-0.3, -0.25) is 0 Å². The zero-order chi connectivity index (χ0) is 9.72. The number of hydrogen-bond donors (Lipinski definition) is 0. The summed E-state index contributed by atoms with van der Waals surface area (Å²) in [6.07, 6.45) is 3.95. The molecular formula is C11H17Cl. The highest BCUT2D eigenvalue weighted by Gasteiger charge is 2.01. The van der Waals surface area contributed by atoms with Gasteiger partial charge in [-0.1, -0.05) is 43.7 Å². The first-order valence-electron chi connectivity index (χ1n) is 4.15. The van der Waals surface area contributed by atoms with E-state index in [4.69, 9.17) is 11.6 Å². The molecule has 0 bridgehead atoms. The van der Waals surface area contributed by atoms with E-state index in [1.165, 1.54) is 5.57 Å². The Balaban J connectivity index is 4.63. The number of hydrogen-bond acceptors (Lipinski definition) is 0. The smallest absolute Gasteiger partial charge is 0.0150 e. The summed E-state index contributed by atoms with van der Waals surface area (Å²) in [5.74, 6) is 0.509. The van der Waals surface area contributed by atoms with E-state index < -0.39 is 0 Å². The quantitative estimate of drug-likeness (QED) is 0.575. The van der Waals surface area contributed by atoms with E-state index in [-0.39, 0.29) is 0 Å². The summed E-state index contributed by atoms with van der Waals surface area (Å²) in [6.45, 7) is 12.1. The van der Waals surface area contributed by atoms with Gasteiger partial charge in [-0.25, -0.2) is 0 Å². The van der Waals surface area contributed by atoms with Crippen molar-refractivity contribution in [2.24, 2.45) is 5.92 Å². The molecule has 0 aliphatic heterocycles. The van der Waals surface area contributed by atoms with Crippen LogP contribution in [-0.2, 0) is 0 Å². The van der Waals surface area contributed by atoms with Crippen LogP contribution in [0.5, 0.6) is 0 Å². The van der Waals surface area contributed by atoms with Crippen molar-refractivity contribution in [1.29, 1.82) is 0 Å². The standard InChI is InChI=1S/C11H17Cl/c1-8(2)11(9(3)4)7-6-10(5)12/h6-7,9H,1H2,2-5H3/b10-6+,11-7+. The molecule has 0 aliphatic rings. The topological polar surface area (TPSA) is 0 Å². The van der Waals surface area contributed by atoms with Crippen molar-refractivity contribution >= 4 is 11.6 Å². The molecule has 0 spiro atoms. The summed E-state index contributed by atoms with van der Waals surface area (Å²) in [5.41, 5.74) is 2.37. The van der Waals surface area contributed by atoms with Gasteiger partial charge in [-0.2, -0.15) is 0 Å². The third kappa shape index (κ3) is 4.40. The van der Waals surface area contributed by atoms with Crippen LogP contribution in [0.1, 0.15) is 27.7 Å². The van der Waals surface area contributed by atoms with Gasteiger partial charge in [0.25, 0.3) is 0 Å². The van der Waals surface area contributed by atoms with Crippen LogP contribution in [0.4, 0.5) is 0 Å². The predicted octanol–water partition coefficient (Wildman–Crippen LogP) is 4.29. The molecule has 0 saturated heterocycles. The summed E-state index contributed by atoms with van der Waals surface area (Å²) in [6, 6.07) is 0. The zero-order valence-corrected chi connectivity index (χ0v) is 9.07. The Kier molecular flexibility index (Phi) is 5.00. The van der Waals surface area contributed by atoms with Crippen LogP contribution in [0.15, 0.2) is 34.9 Å². The largest absolute Gasteiger partial charge is 0.0958 e. The van der Waals surface area contributed by atoms with Crippen molar-refractivity contribution in [3.05, 3.63) is 34.9 Å². The summed E-state index contributed by atoms with van der Waals surface area (Å²) in [5, 5.41) is 0.800. The Hall–Kier alpha value is -0.490. The Morgan fingerprint density at radius 2 is 1.75 bits per heavy atom. The lowest BCUT2D eigenvalue weighted by Crippen LogP contribution is -1.93. The van der Waals surface area contributed by atoms with E-state index in [2.05, 4.69) is 20.4 Å². The molecule has 0 aromatic rings. The van der Waals surface area contributed by atoms with Gasteiger partial charge in [0, 0.05) is 5.03 Å². The molecule has 0 atom stereocenters. The van der Waals surface area contributed by atoms with E-state index in [1.807, 2.05) is 26.0 Å². The molecule has 0 aromatic heterocycles. The fraction of sp³-hybridized carbons (Fsp3) is 0.455. The lowest BCUT2D eigenvalue weighted by molar-refractivity contribution is 0.779. The summed E-state index contributed by atoms with van der Waals surface area (Å²) < 4.78 is 0. The molecule has 0 rings (SSSR count). The molecule has 0 fully saturated rings. The number of rotatable bonds is 3. The lowest BCUT2D eigenvalue weighted by Gasteiger charge is -2.09. The van der Waals surface area contributed by atoms with E-state index in [1.54, 1.807) is 0 Å². The summed E-state index contributed by atoms with van der Waals surface area (Å²) >= 11 is 5.72. The van der Waals surface area contributed by atoms with Gasteiger partial charge in [-0.05, 0) is 31.4 Å². The monoisotopic (exact) mass is 184 g/mol. The molecule has 0 radical (unpaired) electrons. The van der Waals surface area contributed by atoms with Crippen molar-refractivity contribution in [3.8, 4) is 0 Å². The third-order valence-corrected chi connectivity index (χ3v) is 1.73. The van der Waals surface area contributed by atoms with Crippen LogP contribution in [-0.4, -0.2) is 0 Å². The van der Waals surface area contributed by atoms with E-state index in [9.17, 15) is 0 Å². The fourth-order valence-corrected chi connectivity index (χ4v) is 1.10. The average molecular weight is 185 g/mol. The average Bonchev–Trinajstić information content (AvgIpc) is 1.84. The molecule has 0 nitrogen and oxygen atoms in total. The molecule has 0 aliphatic carbocycles. The van der Waals surface area contributed by atoms with Gasteiger partial charge in [0.1, 0.15) is 0 Å². The van der Waals surface area contributed by atoms with E-state index in [0.717, 1.165) is 10.6 Å². The van der Waals surface area contributed by atoms with Gasteiger partial charge in [0.05, 0.1) is 0 Å². The minimum Gasteiger partial charge on any atom is -0.0958 e. The van der Waals surface area contributed by atoms with E-state index >= 15 is 0 Å². The van der Waals surface area contributed by atoms with Crippen molar-refractivity contribution in [2.45, 2.75) is 27.7 Å². The minimum atomic E-state index is 0.509. The summed E-state index contributed by atoms with van der Waals surface area (Å²) in [4.78, 5) is 0. The first kappa shape index (κ1) is 11.5. The first-order chi connectivity index (χ1) is 5.45. The molecule has 0 heterocycles. The Labute approximate surface area is 80.6 Å². The molecule has 12 heavy (non-hydrogen) atoms. The molecule has 0 saturated carbocycles. The second kappa shape index (κ2) is 5.21. The SMILES string of the molecule is C=C(C)/C(=C\C=C(/C)Cl)C(C)C. The van der Waals surface area contributed by atoms with Crippen molar-refractivity contribution in [3.63, 3.8) is 0 Å². The van der Waals surface area contributed by atoms with Crippen LogP contribution in [0.25, 0.3) is 0 Å². The third-order valence-electron chi connectivity index (χ3n) is 1.61. The van der Waals surface area contributed by atoms with Crippen LogP contribution in [0.3, 0.4) is 0 Å².